The number of morpholine rings is 1. The van der Waals surface area contributed by atoms with Crippen molar-refractivity contribution in [1.82, 2.24) is 9.80 Å². The van der Waals surface area contributed by atoms with Gasteiger partial charge < -0.3 is 19.6 Å². The minimum Gasteiger partial charge on any atom is -0.394 e. The lowest BCUT2D eigenvalue weighted by molar-refractivity contribution is -0.0698. The van der Waals surface area contributed by atoms with Crippen molar-refractivity contribution in [3.8, 4) is 0 Å². The summed E-state index contributed by atoms with van der Waals surface area (Å²) >= 11 is 0. The van der Waals surface area contributed by atoms with E-state index in [-0.39, 0.29) is 24.8 Å². The van der Waals surface area contributed by atoms with Crippen LogP contribution < -0.4 is 0 Å². The third-order valence-corrected chi connectivity index (χ3v) is 4.37. The summed E-state index contributed by atoms with van der Waals surface area (Å²) in [4.78, 5) is 16.6. The number of ether oxygens (including phenoxy) is 1. The smallest absolute Gasteiger partial charge is 0.320 e. The Balaban J connectivity index is 2.08. The van der Waals surface area contributed by atoms with Gasteiger partial charge in [0.25, 0.3) is 0 Å². The second-order valence-electron chi connectivity index (χ2n) is 5.96. The van der Waals surface area contributed by atoms with Crippen LogP contribution >= 0.6 is 0 Å². The Bertz CT molecular complexity index is 314. The number of aliphatic hydroxyl groups excluding tert-OH is 1. The first-order chi connectivity index (χ1) is 9.04. The van der Waals surface area contributed by atoms with Gasteiger partial charge in [0, 0.05) is 12.1 Å². The fourth-order valence-corrected chi connectivity index (χ4v) is 3.14. The van der Waals surface area contributed by atoms with Gasteiger partial charge in [0.05, 0.1) is 31.9 Å². The minimum atomic E-state index is -0.240. The largest absolute Gasteiger partial charge is 0.394 e. The van der Waals surface area contributed by atoms with E-state index in [1.807, 2.05) is 16.7 Å². The number of amides is 2. The second-order valence-corrected chi connectivity index (χ2v) is 5.96. The van der Waals surface area contributed by atoms with Crippen molar-refractivity contribution in [3.63, 3.8) is 0 Å². The third kappa shape index (κ3) is 3.03. The number of urea groups is 1. The molecular formula is C14H26N2O3. The molecule has 4 unspecified atom stereocenters. The Morgan fingerprint density at radius 2 is 1.84 bits per heavy atom. The van der Waals surface area contributed by atoms with Crippen molar-refractivity contribution >= 4 is 6.03 Å². The number of hydrogen-bond donors (Lipinski definition) is 1. The fourth-order valence-electron chi connectivity index (χ4n) is 3.14. The zero-order valence-electron chi connectivity index (χ0n) is 12.2. The van der Waals surface area contributed by atoms with Gasteiger partial charge >= 0.3 is 6.03 Å². The number of piperidine rings is 1. The van der Waals surface area contributed by atoms with E-state index < -0.39 is 0 Å². The highest BCUT2D eigenvalue weighted by Gasteiger charge is 2.36. The highest BCUT2D eigenvalue weighted by Crippen LogP contribution is 2.25. The van der Waals surface area contributed by atoms with Crippen LogP contribution in [0.4, 0.5) is 4.79 Å². The van der Waals surface area contributed by atoms with E-state index in [1.54, 1.807) is 0 Å². The van der Waals surface area contributed by atoms with Crippen LogP contribution in [0.3, 0.4) is 0 Å². The molecule has 0 aromatic rings. The Hall–Kier alpha value is -0.810. The Labute approximate surface area is 115 Å². The normalized spacial score (nSPS) is 36.4. The minimum absolute atomic E-state index is 0.0262. The van der Waals surface area contributed by atoms with E-state index in [9.17, 15) is 9.90 Å². The Morgan fingerprint density at radius 3 is 2.42 bits per heavy atom. The molecule has 2 aliphatic heterocycles. The van der Waals surface area contributed by atoms with Crippen LogP contribution in [0, 0.1) is 0 Å². The second kappa shape index (κ2) is 6.09. The molecule has 2 heterocycles. The van der Waals surface area contributed by atoms with Gasteiger partial charge in [0.2, 0.25) is 0 Å². The van der Waals surface area contributed by atoms with Gasteiger partial charge in [-0.05, 0) is 40.0 Å². The van der Waals surface area contributed by atoms with E-state index in [4.69, 9.17) is 4.74 Å². The van der Waals surface area contributed by atoms with E-state index in [2.05, 4.69) is 13.8 Å². The molecule has 0 saturated carbocycles. The summed E-state index contributed by atoms with van der Waals surface area (Å²) in [5.74, 6) is 0. The molecule has 0 aromatic heterocycles. The predicted molar refractivity (Wildman–Crippen MR) is 73.0 cm³/mol. The standard InChI is InChI=1S/C14H26N2O3/c1-10-5-4-6-11(2)16(10)14(18)15-7-13(8-17)19-9-12(15)3/h10-13,17H,4-9H2,1-3H3. The maximum Gasteiger partial charge on any atom is 0.320 e. The van der Waals surface area contributed by atoms with Crippen LogP contribution in [0.15, 0.2) is 0 Å². The fraction of sp³-hybridized carbons (Fsp3) is 0.929. The average molecular weight is 270 g/mol. The zero-order valence-corrected chi connectivity index (χ0v) is 12.2. The van der Waals surface area contributed by atoms with Crippen molar-refractivity contribution in [3.05, 3.63) is 0 Å². The first kappa shape index (κ1) is 14.6. The maximum absolute atomic E-state index is 12.8. The van der Waals surface area contributed by atoms with Crippen LogP contribution in [-0.2, 0) is 4.74 Å². The van der Waals surface area contributed by atoms with Crippen molar-refractivity contribution < 1.29 is 14.6 Å². The molecule has 2 amide bonds. The molecule has 2 aliphatic rings. The number of aliphatic hydroxyl groups is 1. The lowest BCUT2D eigenvalue weighted by Gasteiger charge is -2.45. The molecule has 0 aliphatic carbocycles. The van der Waals surface area contributed by atoms with Gasteiger partial charge in [-0.25, -0.2) is 4.79 Å². The van der Waals surface area contributed by atoms with Crippen molar-refractivity contribution in [1.29, 1.82) is 0 Å². The molecule has 2 saturated heterocycles. The molecule has 110 valence electrons. The van der Waals surface area contributed by atoms with Crippen molar-refractivity contribution in [2.45, 2.75) is 64.3 Å². The first-order valence-corrected chi connectivity index (χ1v) is 7.36. The van der Waals surface area contributed by atoms with E-state index in [0.717, 1.165) is 12.8 Å². The molecule has 0 radical (unpaired) electrons. The maximum atomic E-state index is 12.8. The van der Waals surface area contributed by atoms with E-state index >= 15 is 0 Å². The Morgan fingerprint density at radius 1 is 1.21 bits per heavy atom. The summed E-state index contributed by atoms with van der Waals surface area (Å²) < 4.78 is 5.50. The SMILES string of the molecule is CC1COC(CO)CN1C(=O)N1C(C)CCCC1C. The number of carbonyl (C=O) groups excluding carboxylic acids is 1. The quantitative estimate of drug-likeness (QED) is 0.784. The number of hydrogen-bond acceptors (Lipinski definition) is 3. The lowest BCUT2D eigenvalue weighted by atomic mass is 9.98. The van der Waals surface area contributed by atoms with E-state index in [1.165, 1.54) is 6.42 Å². The summed E-state index contributed by atoms with van der Waals surface area (Å²) in [6.45, 7) is 7.23. The highest BCUT2D eigenvalue weighted by molar-refractivity contribution is 5.75. The van der Waals surface area contributed by atoms with Crippen molar-refractivity contribution in [2.24, 2.45) is 0 Å². The van der Waals surface area contributed by atoms with Crippen LogP contribution in [0.25, 0.3) is 0 Å². The van der Waals surface area contributed by atoms with Crippen LogP contribution in [0.1, 0.15) is 40.0 Å². The van der Waals surface area contributed by atoms with Crippen LogP contribution in [-0.4, -0.2) is 64.9 Å². The molecule has 5 heteroatoms. The summed E-state index contributed by atoms with van der Waals surface area (Å²) in [5.41, 5.74) is 0. The van der Waals surface area contributed by atoms with Crippen LogP contribution in [0.2, 0.25) is 0 Å². The van der Waals surface area contributed by atoms with Gasteiger partial charge in [0.15, 0.2) is 0 Å². The monoisotopic (exact) mass is 270 g/mol. The molecule has 4 atom stereocenters. The van der Waals surface area contributed by atoms with Gasteiger partial charge in [0.1, 0.15) is 0 Å². The topological polar surface area (TPSA) is 53.0 Å². The number of likely N-dealkylation sites (tertiary alicyclic amines) is 1. The molecule has 0 spiro atoms. The molecule has 2 rings (SSSR count). The molecule has 1 N–H and O–H groups in total. The number of rotatable bonds is 1. The number of nitrogens with zero attached hydrogens (tertiary/aromatic N) is 2. The van der Waals surface area contributed by atoms with Gasteiger partial charge in [-0.1, -0.05) is 0 Å². The molecule has 2 fully saturated rings. The average Bonchev–Trinajstić information content (AvgIpc) is 2.39. The van der Waals surface area contributed by atoms with Gasteiger partial charge in [-0.3, -0.25) is 0 Å². The molecule has 0 aromatic carbocycles. The third-order valence-electron chi connectivity index (χ3n) is 4.37. The number of carbonyl (C=O) groups is 1. The lowest BCUT2D eigenvalue weighted by Crippen LogP contribution is -2.59. The summed E-state index contributed by atoms with van der Waals surface area (Å²) in [5, 5.41) is 9.21. The van der Waals surface area contributed by atoms with Gasteiger partial charge in [-0.15, -0.1) is 0 Å². The molecule has 5 nitrogen and oxygen atoms in total. The summed E-state index contributed by atoms with van der Waals surface area (Å²) in [6.07, 6.45) is 3.12. The Kier molecular flexibility index (Phi) is 4.68. The van der Waals surface area contributed by atoms with Gasteiger partial charge in [-0.2, -0.15) is 0 Å². The van der Waals surface area contributed by atoms with Crippen LogP contribution in [0.5, 0.6) is 0 Å². The summed E-state index contributed by atoms with van der Waals surface area (Å²) in [7, 11) is 0. The highest BCUT2D eigenvalue weighted by atomic mass is 16.5. The van der Waals surface area contributed by atoms with E-state index in [0.29, 0.717) is 25.2 Å². The molecule has 0 bridgehead atoms. The zero-order chi connectivity index (χ0) is 14.0. The summed E-state index contributed by atoms with van der Waals surface area (Å²) in [6, 6.07) is 0.795. The molecule has 19 heavy (non-hydrogen) atoms. The first-order valence-electron chi connectivity index (χ1n) is 7.36. The van der Waals surface area contributed by atoms with Crippen molar-refractivity contribution in [2.75, 3.05) is 19.8 Å². The predicted octanol–water partition coefficient (Wildman–Crippen LogP) is 1.45. The molecular weight excluding hydrogens is 244 g/mol.